The first-order valence-electron chi connectivity index (χ1n) is 12.7. The fourth-order valence-electron chi connectivity index (χ4n) is 4.23. The van der Waals surface area contributed by atoms with Gasteiger partial charge in [0.1, 0.15) is 0 Å². The molecule has 38 heavy (non-hydrogen) atoms. The normalized spacial score (nSPS) is 11.9. The molecule has 0 fully saturated rings. The number of thiazole rings is 1. The molecule has 4 rings (SSSR count). The Morgan fingerprint density at radius 2 is 1.61 bits per heavy atom. The second-order valence-corrected chi connectivity index (χ2v) is 12.3. The number of aromatic nitrogens is 1. The van der Waals surface area contributed by atoms with Gasteiger partial charge in [0.05, 0.1) is 15.1 Å². The van der Waals surface area contributed by atoms with Gasteiger partial charge in [0, 0.05) is 32.2 Å². The minimum Gasteiger partial charge on any atom is -0.302 e. The van der Waals surface area contributed by atoms with Crippen molar-refractivity contribution >= 4 is 42.6 Å². The molecule has 0 bridgehead atoms. The molecule has 1 amide bonds. The summed E-state index contributed by atoms with van der Waals surface area (Å²) in [5, 5.41) is 0.641. The van der Waals surface area contributed by atoms with E-state index in [4.69, 9.17) is 4.98 Å². The molecule has 200 valence electrons. The van der Waals surface area contributed by atoms with E-state index in [1.807, 2.05) is 49.4 Å². The van der Waals surface area contributed by atoms with E-state index in [0.717, 1.165) is 34.4 Å². The molecule has 0 spiro atoms. The summed E-state index contributed by atoms with van der Waals surface area (Å²) in [6, 6.07) is 21.7. The quantitative estimate of drug-likeness (QED) is 0.250. The topological polar surface area (TPSA) is 73.8 Å². The van der Waals surface area contributed by atoms with Crippen molar-refractivity contribution in [3.8, 4) is 0 Å². The van der Waals surface area contributed by atoms with E-state index in [1.54, 1.807) is 24.1 Å². The Labute approximate surface area is 229 Å². The number of aryl methyl sites for hydroxylation is 1. The van der Waals surface area contributed by atoms with Gasteiger partial charge in [0.15, 0.2) is 5.13 Å². The molecule has 3 aromatic carbocycles. The number of fused-ring (bicyclic) bond motifs is 1. The molecule has 4 aromatic rings. The zero-order valence-corrected chi connectivity index (χ0v) is 23.9. The Bertz CT molecular complexity index is 1480. The molecular formula is C29H34N4O3S2. The van der Waals surface area contributed by atoms with E-state index in [1.165, 1.54) is 27.8 Å². The average molecular weight is 551 g/mol. The summed E-state index contributed by atoms with van der Waals surface area (Å²) in [4.78, 5) is 22.6. The summed E-state index contributed by atoms with van der Waals surface area (Å²) in [6.07, 6.45) is 0. The SMILES string of the molecule is CCN(CC)CCN(C(=O)c1ccc(S(=O)(=O)N(C)Cc2ccccc2)cc1)c1nc2ccc(C)cc2s1. The lowest BCUT2D eigenvalue weighted by molar-refractivity contribution is 0.0983. The molecular weight excluding hydrogens is 516 g/mol. The maximum absolute atomic E-state index is 13.7. The van der Waals surface area contributed by atoms with Crippen LogP contribution in [0.5, 0.6) is 0 Å². The van der Waals surface area contributed by atoms with Crippen molar-refractivity contribution in [1.82, 2.24) is 14.2 Å². The molecule has 0 aliphatic carbocycles. The standard InChI is InChI=1S/C29H34N4O3S2/c1-5-32(6-2)18-19-33(29-30-26-17-12-22(3)20-27(26)37-29)28(34)24-13-15-25(16-14-24)38(35,36)31(4)21-23-10-8-7-9-11-23/h7-17,20H,5-6,18-19,21H2,1-4H3. The Kier molecular flexibility index (Phi) is 8.94. The van der Waals surface area contributed by atoms with E-state index in [2.05, 4.69) is 24.8 Å². The number of amides is 1. The van der Waals surface area contributed by atoms with Crippen LogP contribution in [-0.4, -0.2) is 61.7 Å². The van der Waals surface area contributed by atoms with E-state index in [9.17, 15) is 13.2 Å². The van der Waals surface area contributed by atoms with E-state index in [0.29, 0.717) is 23.8 Å². The molecule has 0 saturated heterocycles. The highest BCUT2D eigenvalue weighted by atomic mass is 32.2. The average Bonchev–Trinajstić information content (AvgIpc) is 3.34. The molecule has 0 aliphatic rings. The maximum Gasteiger partial charge on any atom is 0.260 e. The third-order valence-electron chi connectivity index (χ3n) is 6.60. The van der Waals surface area contributed by atoms with Crippen molar-refractivity contribution in [2.45, 2.75) is 32.2 Å². The van der Waals surface area contributed by atoms with Crippen LogP contribution in [-0.2, 0) is 16.6 Å². The summed E-state index contributed by atoms with van der Waals surface area (Å²) >= 11 is 1.49. The lowest BCUT2D eigenvalue weighted by Crippen LogP contribution is -2.38. The number of hydrogen-bond acceptors (Lipinski definition) is 6. The first kappa shape index (κ1) is 27.9. The minimum atomic E-state index is -3.71. The predicted molar refractivity (Wildman–Crippen MR) is 155 cm³/mol. The molecule has 1 aromatic heterocycles. The van der Waals surface area contributed by atoms with Gasteiger partial charge in [-0.15, -0.1) is 0 Å². The van der Waals surface area contributed by atoms with Crippen LogP contribution in [0.2, 0.25) is 0 Å². The molecule has 1 heterocycles. The lowest BCUT2D eigenvalue weighted by Gasteiger charge is -2.25. The second kappa shape index (κ2) is 12.2. The van der Waals surface area contributed by atoms with Gasteiger partial charge in [-0.25, -0.2) is 13.4 Å². The Hall–Kier alpha value is -3.11. The molecule has 0 aliphatic heterocycles. The number of likely N-dealkylation sites (N-methyl/N-ethyl adjacent to an activating group) is 1. The molecule has 0 atom stereocenters. The summed E-state index contributed by atoms with van der Waals surface area (Å²) in [6.45, 7) is 9.48. The molecule has 0 saturated carbocycles. The van der Waals surface area contributed by atoms with E-state index >= 15 is 0 Å². The molecule has 7 nitrogen and oxygen atoms in total. The van der Waals surface area contributed by atoms with Crippen LogP contribution in [0.1, 0.15) is 35.3 Å². The van der Waals surface area contributed by atoms with Gasteiger partial charge in [-0.2, -0.15) is 4.31 Å². The van der Waals surface area contributed by atoms with Gasteiger partial charge < -0.3 is 4.90 Å². The zero-order chi connectivity index (χ0) is 27.3. The third-order valence-corrected chi connectivity index (χ3v) is 9.46. The van der Waals surface area contributed by atoms with Crippen LogP contribution >= 0.6 is 11.3 Å². The van der Waals surface area contributed by atoms with Crippen LogP contribution in [0.4, 0.5) is 5.13 Å². The van der Waals surface area contributed by atoms with E-state index < -0.39 is 10.0 Å². The predicted octanol–water partition coefficient (Wildman–Crippen LogP) is 5.41. The van der Waals surface area contributed by atoms with Gasteiger partial charge in [-0.3, -0.25) is 9.69 Å². The smallest absolute Gasteiger partial charge is 0.260 e. The number of nitrogens with zero attached hydrogens (tertiary/aromatic N) is 4. The second-order valence-electron chi connectivity index (χ2n) is 9.22. The van der Waals surface area contributed by atoms with E-state index in [-0.39, 0.29) is 17.3 Å². The van der Waals surface area contributed by atoms with Gasteiger partial charge in [-0.05, 0) is 67.5 Å². The van der Waals surface area contributed by atoms with Crippen LogP contribution in [0.3, 0.4) is 0 Å². The minimum absolute atomic E-state index is 0.151. The third kappa shape index (κ3) is 6.30. The number of benzene rings is 3. The van der Waals surface area contributed by atoms with Crippen molar-refractivity contribution in [2.75, 3.05) is 38.1 Å². The summed E-state index contributed by atoms with van der Waals surface area (Å²) in [7, 11) is -2.15. The largest absolute Gasteiger partial charge is 0.302 e. The Balaban J connectivity index is 1.59. The number of anilines is 1. The van der Waals surface area contributed by atoms with Gasteiger partial charge >= 0.3 is 0 Å². The first-order valence-corrected chi connectivity index (χ1v) is 15.0. The summed E-state index contributed by atoms with van der Waals surface area (Å²) in [5.74, 6) is -0.200. The maximum atomic E-state index is 13.7. The van der Waals surface area contributed by atoms with Crippen molar-refractivity contribution in [3.63, 3.8) is 0 Å². The highest BCUT2D eigenvalue weighted by Crippen LogP contribution is 2.30. The number of carbonyl (C=O) groups excluding carboxylic acids is 1. The van der Waals surface area contributed by atoms with Gasteiger partial charge in [0.25, 0.3) is 5.91 Å². The fraction of sp³-hybridized carbons (Fsp3) is 0.310. The first-order chi connectivity index (χ1) is 18.2. The molecule has 0 N–H and O–H groups in total. The molecule has 0 unspecified atom stereocenters. The summed E-state index contributed by atoms with van der Waals surface area (Å²) in [5.41, 5.74) is 3.33. The monoisotopic (exact) mass is 550 g/mol. The van der Waals surface area contributed by atoms with Crippen molar-refractivity contribution in [2.24, 2.45) is 0 Å². The fourth-order valence-corrected chi connectivity index (χ4v) is 6.48. The van der Waals surface area contributed by atoms with Crippen LogP contribution in [0.25, 0.3) is 10.2 Å². The Morgan fingerprint density at radius 3 is 2.26 bits per heavy atom. The number of carbonyl (C=O) groups is 1. The Morgan fingerprint density at radius 1 is 0.921 bits per heavy atom. The summed E-state index contributed by atoms with van der Waals surface area (Å²) < 4.78 is 28.7. The van der Waals surface area contributed by atoms with Crippen LogP contribution in [0.15, 0.2) is 77.7 Å². The van der Waals surface area contributed by atoms with Crippen molar-refractivity contribution in [3.05, 3.63) is 89.5 Å². The van der Waals surface area contributed by atoms with Gasteiger partial charge in [-0.1, -0.05) is 61.6 Å². The van der Waals surface area contributed by atoms with Gasteiger partial charge in [0.2, 0.25) is 10.0 Å². The highest BCUT2D eigenvalue weighted by Gasteiger charge is 2.24. The zero-order valence-electron chi connectivity index (χ0n) is 22.3. The van der Waals surface area contributed by atoms with Crippen molar-refractivity contribution in [1.29, 1.82) is 0 Å². The molecule has 0 radical (unpaired) electrons. The number of hydrogen-bond donors (Lipinski definition) is 0. The van der Waals surface area contributed by atoms with Crippen LogP contribution < -0.4 is 4.90 Å². The number of rotatable bonds is 11. The lowest BCUT2D eigenvalue weighted by atomic mass is 10.2. The molecule has 9 heteroatoms. The van der Waals surface area contributed by atoms with Crippen LogP contribution in [0, 0.1) is 6.92 Å². The number of sulfonamides is 1. The van der Waals surface area contributed by atoms with Crippen molar-refractivity contribution < 1.29 is 13.2 Å². The highest BCUT2D eigenvalue weighted by molar-refractivity contribution is 7.89.